The quantitative estimate of drug-likeness (QED) is 0.136. The van der Waals surface area contributed by atoms with Crippen LogP contribution in [-0.4, -0.2) is 71.4 Å². The van der Waals surface area contributed by atoms with Crippen molar-refractivity contribution in [1.29, 1.82) is 0 Å². The van der Waals surface area contributed by atoms with Gasteiger partial charge < -0.3 is 44.9 Å². The SMILES string of the molecule is CNC(=O)CCCNC(=O)c1nc(NC(=O)c2cc(NC(=O)c3cc(NC(=O)c4cc5ncccc5n4C)cn3C)cn2C)cn1C. The molecule has 0 spiro atoms. The number of amides is 5. The molecule has 0 bridgehead atoms. The van der Waals surface area contributed by atoms with Gasteiger partial charge in [-0.2, -0.15) is 0 Å². The number of imidazole rings is 1. The van der Waals surface area contributed by atoms with Gasteiger partial charge in [0.15, 0.2) is 5.82 Å². The van der Waals surface area contributed by atoms with Gasteiger partial charge in [-0.05, 0) is 36.8 Å². The Labute approximate surface area is 269 Å². The number of nitrogens with zero attached hydrogens (tertiary/aromatic N) is 6. The number of anilines is 3. The van der Waals surface area contributed by atoms with Crippen LogP contribution in [0.25, 0.3) is 11.0 Å². The summed E-state index contributed by atoms with van der Waals surface area (Å²) in [6, 6.07) is 8.44. The molecule has 0 unspecified atom stereocenters. The maximum absolute atomic E-state index is 13.2. The normalized spacial score (nSPS) is 10.9. The zero-order valence-corrected chi connectivity index (χ0v) is 26.5. The van der Waals surface area contributed by atoms with Crippen molar-refractivity contribution in [1.82, 2.24) is 38.9 Å². The van der Waals surface area contributed by atoms with Gasteiger partial charge in [0.2, 0.25) is 11.7 Å². The molecule has 0 saturated heterocycles. The Balaban J connectivity index is 1.19. The highest BCUT2D eigenvalue weighted by Gasteiger charge is 2.20. The molecular weight excluding hydrogens is 606 g/mol. The molecule has 5 aromatic heterocycles. The fourth-order valence-electron chi connectivity index (χ4n) is 5.06. The number of rotatable bonds is 11. The topological polar surface area (TPSA) is 191 Å². The third-order valence-electron chi connectivity index (χ3n) is 7.50. The van der Waals surface area contributed by atoms with Crippen LogP contribution in [0.4, 0.5) is 17.2 Å². The zero-order valence-electron chi connectivity index (χ0n) is 26.5. The molecule has 0 saturated carbocycles. The predicted octanol–water partition coefficient (Wildman–Crippen LogP) is 2.00. The smallest absolute Gasteiger partial charge is 0.287 e. The highest BCUT2D eigenvalue weighted by molar-refractivity contribution is 6.09. The first kappa shape index (κ1) is 32.2. The number of carbonyl (C=O) groups excluding carboxylic acids is 5. The summed E-state index contributed by atoms with van der Waals surface area (Å²) in [7, 11) is 8.29. The fourth-order valence-corrected chi connectivity index (χ4v) is 5.06. The Morgan fingerprint density at radius 3 is 1.98 bits per heavy atom. The van der Waals surface area contributed by atoms with Crippen LogP contribution in [-0.2, 0) is 33.0 Å². The van der Waals surface area contributed by atoms with Crippen LogP contribution in [0.2, 0.25) is 0 Å². The standard InChI is InChI=1S/C31H35N11O5/c1-32-26(43)9-7-11-34-31(47)27-37-25(17-41(27)4)38-29(45)23-13-18(15-40(23)3)35-28(44)22-12-19(16-39(22)2)36-30(46)24-14-20-21(42(24)5)8-6-10-33-20/h6,8,10,12-17H,7,9,11H2,1-5H3,(H,32,43)(H,34,47)(H,35,44)(H,36,46)(H,38,45). The molecule has 0 aliphatic rings. The molecule has 5 N–H and O–H groups in total. The first-order valence-electron chi connectivity index (χ1n) is 14.6. The van der Waals surface area contributed by atoms with E-state index in [1.807, 2.05) is 6.07 Å². The molecule has 244 valence electrons. The zero-order chi connectivity index (χ0) is 33.8. The van der Waals surface area contributed by atoms with Crippen molar-refractivity contribution in [2.75, 3.05) is 29.5 Å². The second kappa shape index (κ2) is 13.4. The molecule has 0 aliphatic heterocycles. The van der Waals surface area contributed by atoms with E-state index < -0.39 is 17.7 Å². The van der Waals surface area contributed by atoms with Gasteiger partial charge >= 0.3 is 0 Å². The van der Waals surface area contributed by atoms with Gasteiger partial charge in [0.05, 0.1) is 22.4 Å². The summed E-state index contributed by atoms with van der Waals surface area (Å²) in [6.07, 6.45) is 7.14. The van der Waals surface area contributed by atoms with Crippen LogP contribution in [0.5, 0.6) is 0 Å². The Kier molecular flexibility index (Phi) is 9.21. The van der Waals surface area contributed by atoms with E-state index in [-0.39, 0.29) is 41.3 Å². The van der Waals surface area contributed by atoms with E-state index >= 15 is 0 Å². The highest BCUT2D eigenvalue weighted by Crippen LogP contribution is 2.21. The maximum atomic E-state index is 13.2. The van der Waals surface area contributed by atoms with Crippen molar-refractivity contribution in [3.8, 4) is 0 Å². The summed E-state index contributed by atoms with van der Waals surface area (Å²) in [5.74, 6) is -1.60. The number of hydrogen-bond donors (Lipinski definition) is 5. The van der Waals surface area contributed by atoms with Gasteiger partial charge in [0, 0.05) is 73.0 Å². The van der Waals surface area contributed by atoms with E-state index in [0.29, 0.717) is 35.6 Å². The van der Waals surface area contributed by atoms with Crippen LogP contribution in [0.15, 0.2) is 55.1 Å². The fraction of sp³-hybridized carbons (Fsp3) is 0.258. The summed E-state index contributed by atoms with van der Waals surface area (Å²) in [5, 5.41) is 13.5. The van der Waals surface area contributed by atoms with Crippen molar-refractivity contribution in [3.63, 3.8) is 0 Å². The number of hydrogen-bond acceptors (Lipinski definition) is 7. The molecule has 0 radical (unpaired) electrons. The molecule has 47 heavy (non-hydrogen) atoms. The summed E-state index contributed by atoms with van der Waals surface area (Å²) in [4.78, 5) is 71.6. The van der Waals surface area contributed by atoms with Crippen LogP contribution in [0, 0.1) is 0 Å². The lowest BCUT2D eigenvalue weighted by atomic mass is 10.3. The van der Waals surface area contributed by atoms with E-state index in [1.54, 1.807) is 85.7 Å². The minimum atomic E-state index is -0.504. The van der Waals surface area contributed by atoms with Gasteiger partial charge in [0.1, 0.15) is 17.1 Å². The van der Waals surface area contributed by atoms with Gasteiger partial charge in [-0.1, -0.05) is 0 Å². The Hall–Kier alpha value is -6.19. The summed E-state index contributed by atoms with van der Waals surface area (Å²) in [6.45, 7) is 0.292. The molecule has 5 heterocycles. The van der Waals surface area contributed by atoms with Gasteiger partial charge in [0.25, 0.3) is 23.6 Å². The van der Waals surface area contributed by atoms with Crippen molar-refractivity contribution in [3.05, 3.63) is 78.0 Å². The molecule has 0 atom stereocenters. The molecule has 5 amide bonds. The van der Waals surface area contributed by atoms with E-state index in [2.05, 4.69) is 36.6 Å². The summed E-state index contributed by atoms with van der Waals surface area (Å²) < 4.78 is 6.36. The van der Waals surface area contributed by atoms with Crippen molar-refractivity contribution in [2.45, 2.75) is 12.8 Å². The molecule has 5 aromatic rings. The van der Waals surface area contributed by atoms with E-state index in [0.717, 1.165) is 5.52 Å². The maximum Gasteiger partial charge on any atom is 0.287 e. The van der Waals surface area contributed by atoms with Gasteiger partial charge in [-0.25, -0.2) is 4.98 Å². The lowest BCUT2D eigenvalue weighted by Gasteiger charge is -2.04. The van der Waals surface area contributed by atoms with Gasteiger partial charge in [-0.15, -0.1) is 0 Å². The first-order valence-corrected chi connectivity index (χ1v) is 14.6. The third-order valence-corrected chi connectivity index (χ3v) is 7.50. The average molecular weight is 642 g/mol. The van der Waals surface area contributed by atoms with Crippen molar-refractivity contribution >= 4 is 57.8 Å². The average Bonchev–Trinajstić information content (AvgIpc) is 3.79. The molecule has 5 rings (SSSR count). The number of carbonyl (C=O) groups is 5. The Morgan fingerprint density at radius 1 is 0.745 bits per heavy atom. The monoisotopic (exact) mass is 641 g/mol. The van der Waals surface area contributed by atoms with E-state index in [1.165, 1.54) is 16.8 Å². The minimum absolute atomic E-state index is 0.0901. The first-order chi connectivity index (χ1) is 22.4. The van der Waals surface area contributed by atoms with Gasteiger partial charge in [-0.3, -0.25) is 29.0 Å². The molecule has 0 aliphatic carbocycles. The van der Waals surface area contributed by atoms with Crippen LogP contribution in [0.3, 0.4) is 0 Å². The van der Waals surface area contributed by atoms with E-state index in [4.69, 9.17) is 0 Å². The van der Waals surface area contributed by atoms with Crippen LogP contribution >= 0.6 is 0 Å². The Bertz CT molecular complexity index is 2010. The van der Waals surface area contributed by atoms with Crippen LogP contribution in [0.1, 0.15) is 54.9 Å². The second-order valence-corrected chi connectivity index (χ2v) is 10.9. The van der Waals surface area contributed by atoms with E-state index in [9.17, 15) is 24.0 Å². The molecule has 0 aromatic carbocycles. The number of aryl methyl sites for hydroxylation is 4. The minimum Gasteiger partial charge on any atom is -0.359 e. The highest BCUT2D eigenvalue weighted by atomic mass is 16.2. The molecule has 16 heteroatoms. The molecule has 0 fully saturated rings. The van der Waals surface area contributed by atoms with Crippen molar-refractivity contribution in [2.24, 2.45) is 28.2 Å². The van der Waals surface area contributed by atoms with Crippen LogP contribution < -0.4 is 26.6 Å². The number of pyridine rings is 1. The number of fused-ring (bicyclic) bond motifs is 1. The Morgan fingerprint density at radius 2 is 1.36 bits per heavy atom. The lowest BCUT2D eigenvalue weighted by molar-refractivity contribution is -0.120. The molecule has 16 nitrogen and oxygen atoms in total. The summed E-state index contributed by atoms with van der Waals surface area (Å²) in [5.41, 5.74) is 3.25. The largest absolute Gasteiger partial charge is 0.359 e. The molecular formula is C31H35N11O5. The lowest BCUT2D eigenvalue weighted by Crippen LogP contribution is -2.28. The second-order valence-electron chi connectivity index (χ2n) is 10.9. The predicted molar refractivity (Wildman–Crippen MR) is 174 cm³/mol. The number of nitrogens with one attached hydrogen (secondary N) is 5. The third kappa shape index (κ3) is 7.06. The number of aromatic nitrogens is 6. The summed E-state index contributed by atoms with van der Waals surface area (Å²) >= 11 is 0. The van der Waals surface area contributed by atoms with Crippen molar-refractivity contribution < 1.29 is 24.0 Å².